The van der Waals surface area contributed by atoms with Crippen LogP contribution < -0.4 is 0 Å². The maximum absolute atomic E-state index is 10.3. The van der Waals surface area contributed by atoms with Crippen LogP contribution in [0.5, 0.6) is 0 Å². The molecule has 0 amide bonds. The molecule has 0 radical (unpaired) electrons. The Morgan fingerprint density at radius 3 is 2.89 bits per heavy atom. The predicted octanol–water partition coefficient (Wildman–Crippen LogP) is 2.64. The number of ether oxygens (including phenoxy) is 1. The molecule has 6 nitrogen and oxygen atoms in total. The third-order valence-electron chi connectivity index (χ3n) is 2.10. The Hall–Kier alpha value is -1.63. The standard InChI is InChI=1S/C11H8Cl2N2O4/c12-7-3-1-2-6(10(7)13)11-15-14-8(19-11)4-18-5-9(16)17/h1-3H,4-5H2,(H,16,17). The lowest BCUT2D eigenvalue weighted by atomic mass is 10.2. The molecular formula is C11H8Cl2N2O4. The molecule has 8 heteroatoms. The summed E-state index contributed by atoms with van der Waals surface area (Å²) in [5, 5.41) is 16.6. The molecule has 0 bridgehead atoms. The van der Waals surface area contributed by atoms with Gasteiger partial charge < -0.3 is 14.3 Å². The highest BCUT2D eigenvalue weighted by atomic mass is 35.5. The molecule has 2 aromatic rings. The molecule has 0 atom stereocenters. The van der Waals surface area contributed by atoms with Gasteiger partial charge in [0.1, 0.15) is 13.2 Å². The Labute approximate surface area is 117 Å². The summed E-state index contributed by atoms with van der Waals surface area (Å²) in [5.41, 5.74) is 0.506. The van der Waals surface area contributed by atoms with Gasteiger partial charge in [-0.05, 0) is 12.1 Å². The normalized spacial score (nSPS) is 10.6. The van der Waals surface area contributed by atoms with Crippen LogP contribution in [0.1, 0.15) is 5.89 Å². The van der Waals surface area contributed by atoms with Crippen LogP contribution in [0, 0.1) is 0 Å². The number of aliphatic carboxylic acids is 1. The minimum Gasteiger partial charge on any atom is -0.480 e. The van der Waals surface area contributed by atoms with Crippen LogP contribution in [0.25, 0.3) is 11.5 Å². The molecule has 1 N–H and O–H groups in total. The Balaban J connectivity index is 2.12. The smallest absolute Gasteiger partial charge is 0.329 e. The van der Waals surface area contributed by atoms with E-state index in [-0.39, 0.29) is 18.4 Å². The number of carboxylic acids is 1. The van der Waals surface area contributed by atoms with Crippen molar-refractivity contribution in [1.82, 2.24) is 10.2 Å². The molecule has 0 saturated carbocycles. The number of hydrogen-bond acceptors (Lipinski definition) is 5. The average Bonchev–Trinajstić information content (AvgIpc) is 2.81. The molecule has 0 fully saturated rings. The molecule has 19 heavy (non-hydrogen) atoms. The zero-order valence-electron chi connectivity index (χ0n) is 9.47. The van der Waals surface area contributed by atoms with E-state index in [0.29, 0.717) is 15.6 Å². The Bertz CT molecular complexity index is 600. The van der Waals surface area contributed by atoms with Gasteiger partial charge in [-0.15, -0.1) is 10.2 Å². The van der Waals surface area contributed by atoms with Crippen LogP contribution in [-0.4, -0.2) is 27.9 Å². The highest BCUT2D eigenvalue weighted by Crippen LogP contribution is 2.32. The molecule has 1 aromatic carbocycles. The highest BCUT2D eigenvalue weighted by molar-refractivity contribution is 6.43. The number of rotatable bonds is 5. The van der Waals surface area contributed by atoms with Gasteiger partial charge in [0, 0.05) is 0 Å². The molecule has 0 unspecified atom stereocenters. The minimum atomic E-state index is -1.07. The first-order valence-corrected chi connectivity index (χ1v) is 5.90. The van der Waals surface area contributed by atoms with E-state index in [9.17, 15) is 4.79 Å². The molecule has 1 aromatic heterocycles. The second-order valence-corrected chi connectivity index (χ2v) is 4.27. The van der Waals surface area contributed by atoms with Gasteiger partial charge in [-0.2, -0.15) is 0 Å². The minimum absolute atomic E-state index is 0.0858. The third-order valence-corrected chi connectivity index (χ3v) is 2.92. The van der Waals surface area contributed by atoms with E-state index >= 15 is 0 Å². The summed E-state index contributed by atoms with van der Waals surface area (Å²) in [4.78, 5) is 10.3. The number of nitrogens with zero attached hydrogens (tertiary/aromatic N) is 2. The van der Waals surface area contributed by atoms with Gasteiger partial charge in [-0.25, -0.2) is 4.79 Å². The fourth-order valence-electron chi connectivity index (χ4n) is 1.32. The lowest BCUT2D eigenvalue weighted by molar-refractivity contribution is -0.142. The largest absolute Gasteiger partial charge is 0.480 e. The van der Waals surface area contributed by atoms with E-state index in [1.54, 1.807) is 18.2 Å². The second-order valence-electron chi connectivity index (χ2n) is 3.49. The van der Waals surface area contributed by atoms with Crippen molar-refractivity contribution in [3.05, 3.63) is 34.1 Å². The zero-order valence-corrected chi connectivity index (χ0v) is 11.0. The number of halogens is 2. The summed E-state index contributed by atoms with van der Waals surface area (Å²) in [5.74, 6) is -0.716. The van der Waals surface area contributed by atoms with Crippen molar-refractivity contribution in [1.29, 1.82) is 0 Å². The van der Waals surface area contributed by atoms with Crippen molar-refractivity contribution in [2.24, 2.45) is 0 Å². The highest BCUT2D eigenvalue weighted by Gasteiger charge is 2.14. The first-order chi connectivity index (χ1) is 9.08. The van der Waals surface area contributed by atoms with Crippen molar-refractivity contribution in [2.75, 3.05) is 6.61 Å². The molecule has 0 aliphatic rings. The van der Waals surface area contributed by atoms with E-state index in [1.807, 2.05) is 0 Å². The summed E-state index contributed by atoms with van der Waals surface area (Å²) in [6, 6.07) is 5.03. The summed E-state index contributed by atoms with van der Waals surface area (Å²) >= 11 is 11.9. The quantitative estimate of drug-likeness (QED) is 0.914. The number of aromatic nitrogens is 2. The van der Waals surface area contributed by atoms with Crippen molar-refractivity contribution in [3.8, 4) is 11.5 Å². The molecular weight excluding hydrogens is 295 g/mol. The number of carbonyl (C=O) groups is 1. The van der Waals surface area contributed by atoms with Crippen molar-refractivity contribution >= 4 is 29.2 Å². The number of carboxylic acid groups (broad SMARTS) is 1. The van der Waals surface area contributed by atoms with Gasteiger partial charge >= 0.3 is 5.97 Å². The lowest BCUT2D eigenvalue weighted by Gasteiger charge is -2.00. The summed E-state index contributed by atoms with van der Waals surface area (Å²) in [6.07, 6.45) is 0. The van der Waals surface area contributed by atoms with E-state index < -0.39 is 12.6 Å². The molecule has 0 saturated heterocycles. The molecule has 100 valence electrons. The summed E-state index contributed by atoms with van der Waals surface area (Å²) in [7, 11) is 0. The molecule has 1 heterocycles. The number of hydrogen-bond donors (Lipinski definition) is 1. The Morgan fingerprint density at radius 1 is 1.37 bits per heavy atom. The summed E-state index contributed by atoms with van der Waals surface area (Å²) < 4.78 is 10.1. The van der Waals surface area contributed by atoms with E-state index in [0.717, 1.165) is 0 Å². The fraction of sp³-hybridized carbons (Fsp3) is 0.182. The van der Waals surface area contributed by atoms with Gasteiger partial charge in [0.25, 0.3) is 0 Å². The molecule has 2 rings (SSSR count). The van der Waals surface area contributed by atoms with Crippen LogP contribution in [-0.2, 0) is 16.1 Å². The van der Waals surface area contributed by atoms with Crippen LogP contribution in [0.2, 0.25) is 10.0 Å². The van der Waals surface area contributed by atoms with Crippen molar-refractivity contribution in [3.63, 3.8) is 0 Å². The fourth-order valence-corrected chi connectivity index (χ4v) is 1.70. The first kappa shape index (κ1) is 13.8. The van der Waals surface area contributed by atoms with Crippen LogP contribution in [0.15, 0.2) is 22.6 Å². The second kappa shape index (κ2) is 6.01. The molecule has 0 aliphatic heterocycles. The summed E-state index contributed by atoms with van der Waals surface area (Å²) in [6.45, 7) is -0.521. The van der Waals surface area contributed by atoms with Crippen molar-refractivity contribution < 1.29 is 19.1 Å². The van der Waals surface area contributed by atoms with E-state index in [4.69, 9.17) is 37.5 Å². The van der Waals surface area contributed by atoms with E-state index in [1.165, 1.54) is 0 Å². The van der Waals surface area contributed by atoms with Gasteiger partial charge in [0.15, 0.2) is 0 Å². The van der Waals surface area contributed by atoms with Gasteiger partial charge in [-0.1, -0.05) is 29.3 Å². The molecule has 0 aliphatic carbocycles. The van der Waals surface area contributed by atoms with Gasteiger partial charge in [-0.3, -0.25) is 0 Å². The Morgan fingerprint density at radius 2 is 2.16 bits per heavy atom. The zero-order chi connectivity index (χ0) is 13.8. The van der Waals surface area contributed by atoms with Crippen molar-refractivity contribution in [2.45, 2.75) is 6.61 Å². The van der Waals surface area contributed by atoms with Crippen LogP contribution in [0.3, 0.4) is 0 Å². The maximum atomic E-state index is 10.3. The number of benzene rings is 1. The van der Waals surface area contributed by atoms with Crippen LogP contribution >= 0.6 is 23.2 Å². The lowest BCUT2D eigenvalue weighted by Crippen LogP contribution is -2.06. The average molecular weight is 303 g/mol. The maximum Gasteiger partial charge on any atom is 0.329 e. The predicted molar refractivity (Wildman–Crippen MR) is 67.0 cm³/mol. The Kier molecular flexibility index (Phi) is 4.36. The van der Waals surface area contributed by atoms with E-state index in [2.05, 4.69) is 10.2 Å². The van der Waals surface area contributed by atoms with Gasteiger partial charge in [0.05, 0.1) is 15.6 Å². The SMILES string of the molecule is O=C(O)COCc1nnc(-c2cccc(Cl)c2Cl)o1. The molecule has 0 spiro atoms. The topological polar surface area (TPSA) is 85.5 Å². The van der Waals surface area contributed by atoms with Crippen LogP contribution in [0.4, 0.5) is 0 Å². The monoisotopic (exact) mass is 302 g/mol. The van der Waals surface area contributed by atoms with Gasteiger partial charge in [0.2, 0.25) is 11.8 Å². The third kappa shape index (κ3) is 3.44. The first-order valence-electron chi connectivity index (χ1n) is 5.14.